The summed E-state index contributed by atoms with van der Waals surface area (Å²) in [5.41, 5.74) is 5.85. The molecule has 1 aromatic carbocycles. The Hall–Kier alpha value is -1.75. The predicted octanol–water partition coefficient (Wildman–Crippen LogP) is 2.85. The van der Waals surface area contributed by atoms with Gasteiger partial charge >= 0.3 is 0 Å². The molecule has 0 aliphatic heterocycles. The van der Waals surface area contributed by atoms with Crippen LogP contribution in [0.15, 0.2) is 28.8 Å². The highest BCUT2D eigenvalue weighted by atomic mass is 19.1. The molecule has 2 rings (SSSR count). The highest BCUT2D eigenvalue weighted by Crippen LogP contribution is 2.26. The van der Waals surface area contributed by atoms with Gasteiger partial charge in [-0.2, -0.15) is 4.98 Å². The molecule has 0 amide bonds. The van der Waals surface area contributed by atoms with Gasteiger partial charge in [-0.05, 0) is 25.0 Å². The Bertz CT molecular complexity index is 535. The van der Waals surface area contributed by atoms with Gasteiger partial charge in [0.05, 0.1) is 11.1 Å². The van der Waals surface area contributed by atoms with Crippen LogP contribution in [0.3, 0.4) is 0 Å². The van der Waals surface area contributed by atoms with Crippen LogP contribution in [0, 0.1) is 5.82 Å². The highest BCUT2D eigenvalue weighted by Gasteiger charge is 2.29. The molecule has 0 radical (unpaired) electrons. The molecule has 0 saturated carbocycles. The molecular formula is C13H16FN3O. The summed E-state index contributed by atoms with van der Waals surface area (Å²) in [5, 5.41) is 3.87. The zero-order valence-electron chi connectivity index (χ0n) is 10.5. The monoisotopic (exact) mass is 249 g/mol. The lowest BCUT2D eigenvalue weighted by Gasteiger charge is -2.21. The van der Waals surface area contributed by atoms with E-state index in [0.717, 1.165) is 0 Å². The standard InChI is InChI=1S/C13H16FN3O/c1-3-13(15,4-2)12-16-11(18-17-12)9-7-5-6-8-10(9)14/h5-8H,3-4,15H2,1-2H3. The SMILES string of the molecule is CCC(N)(CC)c1noc(-c2ccccc2F)n1. The van der Waals surface area contributed by atoms with Crippen molar-refractivity contribution in [1.82, 2.24) is 10.1 Å². The average Bonchev–Trinajstić information content (AvgIpc) is 2.88. The summed E-state index contributed by atoms with van der Waals surface area (Å²) in [6.45, 7) is 3.92. The summed E-state index contributed by atoms with van der Waals surface area (Å²) < 4.78 is 18.7. The number of hydrogen-bond donors (Lipinski definition) is 1. The van der Waals surface area contributed by atoms with Gasteiger partial charge in [0.2, 0.25) is 0 Å². The minimum atomic E-state index is -0.618. The zero-order valence-corrected chi connectivity index (χ0v) is 10.5. The van der Waals surface area contributed by atoms with E-state index >= 15 is 0 Å². The van der Waals surface area contributed by atoms with Crippen molar-refractivity contribution < 1.29 is 8.91 Å². The minimum absolute atomic E-state index is 0.167. The molecule has 0 aliphatic carbocycles. The molecule has 0 bridgehead atoms. The maximum atomic E-state index is 13.6. The van der Waals surface area contributed by atoms with E-state index in [4.69, 9.17) is 10.3 Å². The lowest BCUT2D eigenvalue weighted by molar-refractivity contribution is 0.350. The summed E-state index contributed by atoms with van der Waals surface area (Å²) in [6, 6.07) is 6.29. The first-order chi connectivity index (χ1) is 8.60. The summed E-state index contributed by atoms with van der Waals surface area (Å²) in [6.07, 6.45) is 1.39. The second-order valence-electron chi connectivity index (χ2n) is 4.27. The van der Waals surface area contributed by atoms with Crippen molar-refractivity contribution in [2.24, 2.45) is 5.73 Å². The first kappa shape index (κ1) is 12.7. The van der Waals surface area contributed by atoms with Crippen molar-refractivity contribution in [3.8, 4) is 11.5 Å². The first-order valence-corrected chi connectivity index (χ1v) is 5.98. The van der Waals surface area contributed by atoms with Crippen LogP contribution in [0.1, 0.15) is 32.5 Å². The summed E-state index contributed by atoms with van der Waals surface area (Å²) >= 11 is 0. The molecule has 0 fully saturated rings. The Morgan fingerprint density at radius 1 is 1.28 bits per heavy atom. The van der Waals surface area contributed by atoms with Crippen molar-refractivity contribution >= 4 is 0 Å². The van der Waals surface area contributed by atoms with E-state index in [1.165, 1.54) is 6.07 Å². The third kappa shape index (κ3) is 2.13. The third-order valence-electron chi connectivity index (χ3n) is 3.24. The van der Waals surface area contributed by atoms with Crippen molar-refractivity contribution in [2.45, 2.75) is 32.2 Å². The zero-order chi connectivity index (χ0) is 13.2. The topological polar surface area (TPSA) is 64.9 Å². The van der Waals surface area contributed by atoms with Gasteiger partial charge in [0.1, 0.15) is 5.82 Å². The fraction of sp³-hybridized carbons (Fsp3) is 0.385. The normalized spacial score (nSPS) is 11.8. The van der Waals surface area contributed by atoms with E-state index in [0.29, 0.717) is 24.2 Å². The highest BCUT2D eigenvalue weighted by molar-refractivity contribution is 5.53. The molecule has 1 aromatic heterocycles. The fourth-order valence-electron chi connectivity index (χ4n) is 1.74. The van der Waals surface area contributed by atoms with E-state index in [1.54, 1.807) is 18.2 Å². The summed E-state index contributed by atoms with van der Waals surface area (Å²) in [4.78, 5) is 4.21. The number of nitrogens with two attached hydrogens (primary N) is 1. The minimum Gasteiger partial charge on any atom is -0.334 e. The molecular weight excluding hydrogens is 233 g/mol. The van der Waals surface area contributed by atoms with Gasteiger partial charge in [-0.15, -0.1) is 0 Å². The van der Waals surface area contributed by atoms with Crippen LogP contribution in [-0.2, 0) is 5.54 Å². The molecule has 96 valence electrons. The van der Waals surface area contributed by atoms with Crippen LogP contribution in [-0.4, -0.2) is 10.1 Å². The lowest BCUT2D eigenvalue weighted by atomic mass is 9.93. The number of benzene rings is 1. The third-order valence-corrected chi connectivity index (χ3v) is 3.24. The van der Waals surface area contributed by atoms with Gasteiger partial charge < -0.3 is 10.3 Å². The maximum absolute atomic E-state index is 13.6. The smallest absolute Gasteiger partial charge is 0.260 e. The molecule has 0 atom stereocenters. The lowest BCUT2D eigenvalue weighted by Crippen LogP contribution is -2.36. The first-order valence-electron chi connectivity index (χ1n) is 5.98. The summed E-state index contributed by atoms with van der Waals surface area (Å²) in [7, 11) is 0. The molecule has 2 aromatic rings. The Balaban J connectivity index is 2.40. The van der Waals surface area contributed by atoms with Crippen molar-refractivity contribution in [1.29, 1.82) is 0 Å². The van der Waals surface area contributed by atoms with Crippen LogP contribution in [0.25, 0.3) is 11.5 Å². The maximum Gasteiger partial charge on any atom is 0.260 e. The van der Waals surface area contributed by atoms with Gasteiger partial charge in [-0.3, -0.25) is 0 Å². The molecule has 0 saturated heterocycles. The number of nitrogens with zero attached hydrogens (tertiary/aromatic N) is 2. The molecule has 2 N–H and O–H groups in total. The number of halogens is 1. The second kappa shape index (κ2) is 4.86. The van der Waals surface area contributed by atoms with Crippen molar-refractivity contribution in [3.05, 3.63) is 35.9 Å². The molecule has 18 heavy (non-hydrogen) atoms. The van der Waals surface area contributed by atoms with E-state index in [2.05, 4.69) is 10.1 Å². The number of aromatic nitrogens is 2. The second-order valence-corrected chi connectivity index (χ2v) is 4.27. The Labute approximate surface area is 105 Å². The van der Waals surface area contributed by atoms with Crippen LogP contribution < -0.4 is 5.73 Å². The van der Waals surface area contributed by atoms with Gasteiger partial charge in [0.25, 0.3) is 5.89 Å². The molecule has 5 heteroatoms. The molecule has 4 nitrogen and oxygen atoms in total. The Kier molecular flexibility index (Phi) is 3.43. The molecule has 0 spiro atoms. The largest absolute Gasteiger partial charge is 0.334 e. The Morgan fingerprint density at radius 3 is 2.56 bits per heavy atom. The molecule has 1 heterocycles. The number of rotatable bonds is 4. The summed E-state index contributed by atoms with van der Waals surface area (Å²) in [5.74, 6) is 0.203. The van der Waals surface area contributed by atoms with Crippen LogP contribution in [0.2, 0.25) is 0 Å². The van der Waals surface area contributed by atoms with Gasteiger partial charge in [0.15, 0.2) is 5.82 Å². The van der Waals surface area contributed by atoms with Crippen molar-refractivity contribution in [3.63, 3.8) is 0 Å². The van der Waals surface area contributed by atoms with E-state index in [-0.39, 0.29) is 11.7 Å². The van der Waals surface area contributed by atoms with Crippen molar-refractivity contribution in [2.75, 3.05) is 0 Å². The van der Waals surface area contributed by atoms with E-state index < -0.39 is 5.54 Å². The van der Waals surface area contributed by atoms with Gasteiger partial charge in [-0.1, -0.05) is 31.1 Å². The molecule has 0 unspecified atom stereocenters. The van der Waals surface area contributed by atoms with E-state index in [1.807, 2.05) is 13.8 Å². The fourth-order valence-corrected chi connectivity index (χ4v) is 1.74. The quantitative estimate of drug-likeness (QED) is 0.904. The van der Waals surface area contributed by atoms with Gasteiger partial charge in [-0.25, -0.2) is 4.39 Å². The van der Waals surface area contributed by atoms with Crippen LogP contribution in [0.5, 0.6) is 0 Å². The van der Waals surface area contributed by atoms with Crippen LogP contribution >= 0.6 is 0 Å². The average molecular weight is 249 g/mol. The predicted molar refractivity (Wildman–Crippen MR) is 66.1 cm³/mol. The van der Waals surface area contributed by atoms with Crippen LogP contribution in [0.4, 0.5) is 4.39 Å². The molecule has 0 aliphatic rings. The number of hydrogen-bond acceptors (Lipinski definition) is 4. The Morgan fingerprint density at radius 2 is 1.94 bits per heavy atom. The van der Waals surface area contributed by atoms with Gasteiger partial charge in [0, 0.05) is 0 Å². The van der Waals surface area contributed by atoms with E-state index in [9.17, 15) is 4.39 Å².